The molecule has 32 heavy (non-hydrogen) atoms. The molecular weight excluding hydrogens is 524 g/mol. The first kappa shape index (κ1) is 23.2. The molecule has 1 aromatic heterocycles. The molecule has 0 aliphatic heterocycles. The van der Waals surface area contributed by atoms with Crippen molar-refractivity contribution in [2.75, 3.05) is 4.72 Å². The SMILES string of the molecule is O=S(=O)(Nc1ccc(Sc2nc3ccccc3s2)c(Cl)c1)c1ccc(C(F)(F)F)cc1Cl. The van der Waals surface area contributed by atoms with Gasteiger partial charge in [-0.1, -0.05) is 47.1 Å². The van der Waals surface area contributed by atoms with Gasteiger partial charge in [0.25, 0.3) is 10.0 Å². The Morgan fingerprint density at radius 1 is 0.969 bits per heavy atom. The molecule has 1 heterocycles. The van der Waals surface area contributed by atoms with Gasteiger partial charge in [-0.3, -0.25) is 4.72 Å². The van der Waals surface area contributed by atoms with E-state index in [2.05, 4.69) is 9.71 Å². The fourth-order valence-electron chi connectivity index (χ4n) is 2.74. The molecule has 0 atom stereocenters. The topological polar surface area (TPSA) is 59.1 Å². The van der Waals surface area contributed by atoms with Crippen molar-refractivity contribution in [1.82, 2.24) is 4.98 Å². The van der Waals surface area contributed by atoms with Crippen LogP contribution in [-0.4, -0.2) is 13.4 Å². The highest BCUT2D eigenvalue weighted by molar-refractivity contribution is 8.01. The third-order valence-corrected chi connectivity index (χ3v) is 8.67. The Balaban J connectivity index is 1.55. The predicted molar refractivity (Wildman–Crippen MR) is 122 cm³/mol. The van der Waals surface area contributed by atoms with Crippen LogP contribution in [0.2, 0.25) is 10.0 Å². The highest BCUT2D eigenvalue weighted by atomic mass is 35.5. The zero-order valence-electron chi connectivity index (χ0n) is 15.7. The molecule has 0 radical (unpaired) electrons. The number of para-hydroxylation sites is 1. The van der Waals surface area contributed by atoms with Crippen molar-refractivity contribution in [2.45, 2.75) is 20.3 Å². The van der Waals surface area contributed by atoms with E-state index in [4.69, 9.17) is 23.2 Å². The second-order valence-electron chi connectivity index (χ2n) is 6.44. The van der Waals surface area contributed by atoms with Crippen molar-refractivity contribution in [3.63, 3.8) is 0 Å². The minimum absolute atomic E-state index is 0.139. The molecular formula is C20H11Cl2F3N2O2S3. The number of benzene rings is 3. The monoisotopic (exact) mass is 534 g/mol. The number of sulfonamides is 1. The summed E-state index contributed by atoms with van der Waals surface area (Å²) < 4.78 is 67.8. The van der Waals surface area contributed by atoms with E-state index in [1.165, 1.54) is 35.2 Å². The van der Waals surface area contributed by atoms with Crippen LogP contribution in [0.25, 0.3) is 10.2 Å². The fourth-order valence-corrected chi connectivity index (χ4v) is 6.66. The first-order valence-electron chi connectivity index (χ1n) is 8.75. The van der Waals surface area contributed by atoms with Crippen molar-refractivity contribution >= 4 is 72.2 Å². The standard InChI is InChI=1S/C20H11Cl2F3N2O2S3/c21-13-10-12(6-7-16(13)30-19-26-15-3-1-2-4-17(15)31-19)27-32(28,29)18-8-5-11(9-14(18)22)20(23,24)25/h1-10,27H. The summed E-state index contributed by atoms with van der Waals surface area (Å²) in [4.78, 5) is 4.71. The molecule has 0 aliphatic rings. The number of nitrogens with one attached hydrogen (secondary N) is 1. The van der Waals surface area contributed by atoms with Gasteiger partial charge in [-0.25, -0.2) is 13.4 Å². The summed E-state index contributed by atoms with van der Waals surface area (Å²) in [6.45, 7) is 0. The molecule has 4 rings (SSSR count). The Kier molecular flexibility index (Phi) is 6.34. The van der Waals surface area contributed by atoms with Crippen LogP contribution in [0.5, 0.6) is 0 Å². The molecule has 0 spiro atoms. The summed E-state index contributed by atoms with van der Waals surface area (Å²) in [7, 11) is -4.24. The minimum atomic E-state index is -4.64. The Hall–Kier alpha value is -1.98. The van der Waals surface area contributed by atoms with Crippen molar-refractivity contribution in [1.29, 1.82) is 0 Å². The molecule has 0 unspecified atom stereocenters. The zero-order valence-corrected chi connectivity index (χ0v) is 19.6. The highest BCUT2D eigenvalue weighted by Crippen LogP contribution is 2.39. The predicted octanol–water partition coefficient (Wildman–Crippen LogP) is 7.57. The Morgan fingerprint density at radius 2 is 1.72 bits per heavy atom. The summed E-state index contributed by atoms with van der Waals surface area (Å²) in [6.07, 6.45) is -4.64. The molecule has 0 amide bonds. The first-order valence-corrected chi connectivity index (χ1v) is 12.6. The summed E-state index contributed by atoms with van der Waals surface area (Å²) in [5.41, 5.74) is -0.0331. The van der Waals surface area contributed by atoms with Crippen molar-refractivity contribution in [2.24, 2.45) is 0 Å². The first-order chi connectivity index (χ1) is 15.0. The quantitative estimate of drug-likeness (QED) is 0.286. The smallest absolute Gasteiger partial charge is 0.280 e. The number of nitrogens with zero attached hydrogens (tertiary/aromatic N) is 1. The van der Waals surface area contributed by atoms with E-state index in [9.17, 15) is 21.6 Å². The van der Waals surface area contributed by atoms with Crippen LogP contribution in [0.1, 0.15) is 5.56 Å². The molecule has 12 heteroatoms. The molecule has 1 N–H and O–H groups in total. The van der Waals surface area contributed by atoms with Crippen LogP contribution in [0.3, 0.4) is 0 Å². The Morgan fingerprint density at radius 3 is 2.38 bits per heavy atom. The second kappa shape index (κ2) is 8.75. The third-order valence-electron chi connectivity index (χ3n) is 4.20. The maximum absolute atomic E-state index is 12.8. The summed E-state index contributed by atoms with van der Waals surface area (Å²) in [5, 5.41) is -0.255. The van der Waals surface area contributed by atoms with Gasteiger partial charge in [-0.15, -0.1) is 11.3 Å². The average Bonchev–Trinajstić information content (AvgIpc) is 3.11. The van der Waals surface area contributed by atoms with Gasteiger partial charge >= 0.3 is 6.18 Å². The highest BCUT2D eigenvalue weighted by Gasteiger charge is 2.32. The zero-order chi connectivity index (χ0) is 23.1. The van der Waals surface area contributed by atoms with E-state index in [1.807, 2.05) is 24.3 Å². The molecule has 0 fully saturated rings. The lowest BCUT2D eigenvalue weighted by Gasteiger charge is -2.13. The van der Waals surface area contributed by atoms with Crippen molar-refractivity contribution in [3.05, 3.63) is 76.3 Å². The maximum atomic E-state index is 12.8. The largest absolute Gasteiger partial charge is 0.416 e. The molecule has 0 saturated heterocycles. The average molecular weight is 535 g/mol. The van der Waals surface area contributed by atoms with Gasteiger partial charge in [-0.2, -0.15) is 13.2 Å². The van der Waals surface area contributed by atoms with Gasteiger partial charge in [0, 0.05) is 4.90 Å². The van der Waals surface area contributed by atoms with Crippen LogP contribution in [0, 0.1) is 0 Å². The number of fused-ring (bicyclic) bond motifs is 1. The van der Waals surface area contributed by atoms with Crippen LogP contribution in [-0.2, 0) is 16.2 Å². The molecule has 166 valence electrons. The number of anilines is 1. The van der Waals surface area contributed by atoms with Gasteiger partial charge in [0.05, 0.1) is 31.5 Å². The number of rotatable bonds is 5. The molecule has 4 nitrogen and oxygen atoms in total. The maximum Gasteiger partial charge on any atom is 0.416 e. The lowest BCUT2D eigenvalue weighted by Crippen LogP contribution is -2.14. The van der Waals surface area contributed by atoms with Crippen LogP contribution in [0.15, 0.2) is 74.8 Å². The van der Waals surface area contributed by atoms with Crippen LogP contribution in [0.4, 0.5) is 18.9 Å². The van der Waals surface area contributed by atoms with Crippen LogP contribution < -0.4 is 4.72 Å². The van der Waals surface area contributed by atoms with E-state index in [1.54, 1.807) is 6.07 Å². The normalized spacial score (nSPS) is 12.3. The van der Waals surface area contributed by atoms with Gasteiger partial charge in [-0.05, 0) is 48.5 Å². The summed E-state index contributed by atoms with van der Waals surface area (Å²) >= 11 is 15.0. The van der Waals surface area contributed by atoms with Gasteiger partial charge in [0.2, 0.25) is 0 Å². The number of aromatic nitrogens is 1. The van der Waals surface area contributed by atoms with Crippen molar-refractivity contribution < 1.29 is 21.6 Å². The number of halogens is 5. The third kappa shape index (κ3) is 4.99. The molecule has 3 aromatic carbocycles. The lowest BCUT2D eigenvalue weighted by atomic mass is 10.2. The molecule has 0 aliphatic carbocycles. The number of hydrogen-bond donors (Lipinski definition) is 1. The van der Waals surface area contributed by atoms with E-state index < -0.39 is 31.7 Å². The van der Waals surface area contributed by atoms with Crippen molar-refractivity contribution in [3.8, 4) is 0 Å². The van der Waals surface area contributed by atoms with Gasteiger partial charge < -0.3 is 0 Å². The number of alkyl halides is 3. The van der Waals surface area contributed by atoms with Gasteiger partial charge in [0.1, 0.15) is 4.90 Å². The minimum Gasteiger partial charge on any atom is -0.280 e. The Bertz CT molecular complexity index is 1390. The lowest BCUT2D eigenvalue weighted by molar-refractivity contribution is -0.137. The molecule has 0 bridgehead atoms. The van der Waals surface area contributed by atoms with E-state index in [0.717, 1.165) is 20.6 Å². The second-order valence-corrected chi connectivity index (χ2v) is 11.2. The van der Waals surface area contributed by atoms with E-state index in [-0.39, 0.29) is 10.7 Å². The number of hydrogen-bond acceptors (Lipinski definition) is 5. The Labute approximate surface area is 199 Å². The summed E-state index contributed by atoms with van der Waals surface area (Å²) in [5.74, 6) is 0. The molecule has 0 saturated carbocycles. The van der Waals surface area contributed by atoms with E-state index in [0.29, 0.717) is 17.0 Å². The van der Waals surface area contributed by atoms with E-state index >= 15 is 0 Å². The van der Waals surface area contributed by atoms with Crippen LogP contribution >= 0.6 is 46.3 Å². The fraction of sp³-hybridized carbons (Fsp3) is 0.0500. The summed E-state index contributed by atoms with van der Waals surface area (Å²) in [6, 6.07) is 14.3. The van der Waals surface area contributed by atoms with Gasteiger partial charge in [0.15, 0.2) is 4.34 Å². The molecule has 4 aromatic rings. The number of thiazole rings is 1.